The third kappa shape index (κ3) is 3.04. The molecule has 1 unspecified atom stereocenters. The van der Waals surface area contributed by atoms with Crippen molar-refractivity contribution in [1.82, 2.24) is 0 Å². The molecule has 10 heavy (non-hydrogen) atoms. The lowest BCUT2D eigenvalue weighted by Crippen LogP contribution is -2.22. The second-order valence-electron chi connectivity index (χ2n) is 2.38. The number of rotatable bonds is 4. The molecule has 0 N–H and O–H groups in total. The number of hydrogen-bond acceptors (Lipinski definition) is 3. The Kier molecular flexibility index (Phi) is 4.41. The standard InChI is InChI=1S/C6H11O3P/c1-4(2)6(7)5(3)9-10-8/h4-5H,1-3H3. The van der Waals surface area contributed by atoms with Crippen LogP contribution < -0.4 is 0 Å². The predicted octanol–water partition coefficient (Wildman–Crippen LogP) is 1.82. The minimum absolute atomic E-state index is 0.0247. The summed E-state index contributed by atoms with van der Waals surface area (Å²) in [6.07, 6.45) is -0.556. The van der Waals surface area contributed by atoms with Gasteiger partial charge in [0.05, 0.1) is 0 Å². The fourth-order valence-corrected chi connectivity index (χ4v) is 0.819. The van der Waals surface area contributed by atoms with E-state index in [1.807, 2.05) is 0 Å². The summed E-state index contributed by atoms with van der Waals surface area (Å²) in [7, 11) is -0.431. The van der Waals surface area contributed by atoms with Crippen molar-refractivity contribution in [1.29, 1.82) is 0 Å². The molecular formula is C6H11O3P. The van der Waals surface area contributed by atoms with Gasteiger partial charge >= 0.3 is 8.69 Å². The largest absolute Gasteiger partial charge is 0.328 e. The van der Waals surface area contributed by atoms with Crippen LogP contribution in [-0.2, 0) is 13.9 Å². The van der Waals surface area contributed by atoms with Gasteiger partial charge in [-0.1, -0.05) is 13.8 Å². The van der Waals surface area contributed by atoms with Crippen molar-refractivity contribution in [2.45, 2.75) is 26.9 Å². The fourth-order valence-electron chi connectivity index (χ4n) is 0.586. The Morgan fingerprint density at radius 3 is 2.20 bits per heavy atom. The summed E-state index contributed by atoms with van der Waals surface area (Å²) in [6, 6.07) is 0. The van der Waals surface area contributed by atoms with Gasteiger partial charge in [0.1, 0.15) is 6.10 Å². The third-order valence-electron chi connectivity index (χ3n) is 1.17. The van der Waals surface area contributed by atoms with Crippen molar-refractivity contribution in [2.24, 2.45) is 5.92 Å². The highest BCUT2D eigenvalue weighted by Crippen LogP contribution is 2.08. The molecule has 0 saturated heterocycles. The van der Waals surface area contributed by atoms with E-state index in [1.165, 1.54) is 0 Å². The Morgan fingerprint density at radius 2 is 1.90 bits per heavy atom. The molecule has 4 heteroatoms. The highest BCUT2D eigenvalue weighted by Gasteiger charge is 2.16. The molecule has 0 heterocycles. The number of Topliss-reactive ketones (excluding diaryl/α,β-unsaturated/α-hetero) is 1. The molecule has 3 nitrogen and oxygen atoms in total. The van der Waals surface area contributed by atoms with Gasteiger partial charge < -0.3 is 0 Å². The SMILES string of the molecule is CC(C)C(=O)C(C)OP=O. The lowest BCUT2D eigenvalue weighted by molar-refractivity contribution is -0.127. The summed E-state index contributed by atoms with van der Waals surface area (Å²) in [4.78, 5) is 11.0. The van der Waals surface area contributed by atoms with Crippen LogP contribution in [0.5, 0.6) is 0 Å². The van der Waals surface area contributed by atoms with Crippen molar-refractivity contribution < 1.29 is 13.9 Å². The van der Waals surface area contributed by atoms with Crippen LogP contribution in [0, 0.1) is 5.92 Å². The quantitative estimate of drug-likeness (QED) is 0.592. The van der Waals surface area contributed by atoms with E-state index < -0.39 is 14.8 Å². The van der Waals surface area contributed by atoms with Crippen LogP contribution in [0.15, 0.2) is 0 Å². The first kappa shape index (κ1) is 9.73. The van der Waals surface area contributed by atoms with Gasteiger partial charge in [0, 0.05) is 5.92 Å². The van der Waals surface area contributed by atoms with Crippen molar-refractivity contribution in [3.63, 3.8) is 0 Å². The molecule has 0 aliphatic heterocycles. The number of ketones is 1. The van der Waals surface area contributed by atoms with Crippen molar-refractivity contribution in [3.8, 4) is 0 Å². The first-order chi connectivity index (χ1) is 4.59. The van der Waals surface area contributed by atoms with Crippen LogP contribution in [0.3, 0.4) is 0 Å². The van der Waals surface area contributed by atoms with E-state index in [0.29, 0.717) is 0 Å². The molecule has 0 aliphatic rings. The molecule has 1 atom stereocenters. The predicted molar refractivity (Wildman–Crippen MR) is 38.0 cm³/mol. The number of carbonyl (C=O) groups is 1. The molecule has 0 aromatic rings. The summed E-state index contributed by atoms with van der Waals surface area (Å²) in [5, 5.41) is 0. The lowest BCUT2D eigenvalue weighted by atomic mass is 10.1. The average molecular weight is 162 g/mol. The molecule has 0 bridgehead atoms. The maximum atomic E-state index is 11.0. The van der Waals surface area contributed by atoms with Gasteiger partial charge in [-0.3, -0.25) is 9.32 Å². The number of hydrogen-bond donors (Lipinski definition) is 0. The van der Waals surface area contributed by atoms with Gasteiger partial charge in [-0.05, 0) is 6.92 Å². The number of carbonyl (C=O) groups excluding carboxylic acids is 1. The molecule has 0 spiro atoms. The topological polar surface area (TPSA) is 43.4 Å². The fraction of sp³-hybridized carbons (Fsp3) is 0.833. The summed E-state index contributed by atoms with van der Waals surface area (Å²) in [5.41, 5.74) is 0. The van der Waals surface area contributed by atoms with Crippen molar-refractivity contribution >= 4 is 14.5 Å². The minimum Gasteiger partial charge on any atom is -0.296 e. The van der Waals surface area contributed by atoms with Crippen molar-refractivity contribution in [2.75, 3.05) is 0 Å². The van der Waals surface area contributed by atoms with Gasteiger partial charge in [-0.15, -0.1) is 0 Å². The Labute approximate surface area is 62.0 Å². The first-order valence-corrected chi connectivity index (χ1v) is 3.84. The van der Waals surface area contributed by atoms with E-state index in [1.54, 1.807) is 20.8 Å². The summed E-state index contributed by atoms with van der Waals surface area (Å²) < 4.78 is 14.4. The highest BCUT2D eigenvalue weighted by atomic mass is 31.1. The lowest BCUT2D eigenvalue weighted by Gasteiger charge is -2.07. The van der Waals surface area contributed by atoms with Gasteiger partial charge in [0.25, 0.3) is 0 Å². The molecule has 0 amide bonds. The zero-order valence-corrected chi connectivity index (χ0v) is 7.22. The zero-order valence-electron chi connectivity index (χ0n) is 6.33. The van der Waals surface area contributed by atoms with Gasteiger partial charge in [-0.25, -0.2) is 4.57 Å². The van der Waals surface area contributed by atoms with E-state index in [9.17, 15) is 9.36 Å². The maximum Gasteiger partial charge on any atom is 0.328 e. The molecule has 0 fully saturated rings. The molecule has 0 aromatic carbocycles. The molecule has 0 radical (unpaired) electrons. The normalized spacial score (nSPS) is 14.0. The van der Waals surface area contributed by atoms with Crippen molar-refractivity contribution in [3.05, 3.63) is 0 Å². The third-order valence-corrected chi connectivity index (χ3v) is 1.57. The molecule has 58 valence electrons. The smallest absolute Gasteiger partial charge is 0.296 e. The van der Waals surface area contributed by atoms with Crippen LogP contribution in [0.1, 0.15) is 20.8 Å². The molecule has 0 rings (SSSR count). The van der Waals surface area contributed by atoms with E-state index >= 15 is 0 Å². The van der Waals surface area contributed by atoms with Gasteiger partial charge in [0.2, 0.25) is 0 Å². The Bertz CT molecular complexity index is 133. The molecule has 0 aromatic heterocycles. The Balaban J connectivity index is 3.81. The maximum absolute atomic E-state index is 11.0. The second-order valence-corrected chi connectivity index (χ2v) is 2.74. The van der Waals surface area contributed by atoms with E-state index in [4.69, 9.17) is 0 Å². The Morgan fingerprint density at radius 1 is 1.40 bits per heavy atom. The van der Waals surface area contributed by atoms with Crippen LogP contribution in [-0.4, -0.2) is 11.9 Å². The van der Waals surface area contributed by atoms with Gasteiger partial charge in [-0.2, -0.15) is 0 Å². The molecule has 0 saturated carbocycles. The van der Waals surface area contributed by atoms with Gasteiger partial charge in [0.15, 0.2) is 5.78 Å². The zero-order chi connectivity index (χ0) is 8.15. The summed E-state index contributed by atoms with van der Waals surface area (Å²) >= 11 is 0. The van der Waals surface area contributed by atoms with E-state index in [2.05, 4.69) is 4.52 Å². The van der Waals surface area contributed by atoms with E-state index in [-0.39, 0.29) is 11.7 Å². The summed E-state index contributed by atoms with van der Waals surface area (Å²) in [5.74, 6) is -0.0832. The van der Waals surface area contributed by atoms with Crippen LogP contribution in [0.25, 0.3) is 0 Å². The average Bonchev–Trinajstić information content (AvgIpc) is 1.87. The second kappa shape index (κ2) is 4.53. The van der Waals surface area contributed by atoms with E-state index in [0.717, 1.165) is 0 Å². The molecule has 0 aliphatic carbocycles. The summed E-state index contributed by atoms with van der Waals surface area (Å²) in [6.45, 7) is 5.15. The minimum atomic E-state index is -0.556. The highest BCUT2D eigenvalue weighted by molar-refractivity contribution is 7.17. The Hall–Kier alpha value is -0.270. The first-order valence-electron chi connectivity index (χ1n) is 3.11. The van der Waals surface area contributed by atoms with Crippen LogP contribution in [0.2, 0.25) is 0 Å². The van der Waals surface area contributed by atoms with Crippen LogP contribution >= 0.6 is 8.69 Å². The monoisotopic (exact) mass is 162 g/mol. The molecular weight excluding hydrogens is 151 g/mol. The van der Waals surface area contributed by atoms with Crippen LogP contribution in [0.4, 0.5) is 0 Å².